The minimum atomic E-state index is -3.00. The third-order valence-electron chi connectivity index (χ3n) is 3.99. The molecule has 0 aromatic carbocycles. The Labute approximate surface area is 111 Å². The summed E-state index contributed by atoms with van der Waals surface area (Å²) < 4.78 is 26.2. The molecule has 1 saturated heterocycles. The molecule has 0 bridgehead atoms. The van der Waals surface area contributed by atoms with E-state index in [4.69, 9.17) is 0 Å². The van der Waals surface area contributed by atoms with Crippen LogP contribution in [0.25, 0.3) is 0 Å². The van der Waals surface area contributed by atoms with E-state index in [1.807, 2.05) is 0 Å². The van der Waals surface area contributed by atoms with Crippen LogP contribution in [-0.2, 0) is 10.0 Å². The lowest BCUT2D eigenvalue weighted by Crippen LogP contribution is -2.36. The lowest BCUT2D eigenvalue weighted by Gasteiger charge is -2.22. The molecule has 5 heteroatoms. The van der Waals surface area contributed by atoms with E-state index in [1.54, 1.807) is 4.31 Å². The molecule has 1 atom stereocenters. The van der Waals surface area contributed by atoms with Crippen molar-refractivity contribution in [1.29, 1.82) is 0 Å². The summed E-state index contributed by atoms with van der Waals surface area (Å²) in [6, 6.07) is 0.990. The average Bonchev–Trinajstić information content (AvgIpc) is 3.03. The highest BCUT2D eigenvalue weighted by Crippen LogP contribution is 2.24. The van der Waals surface area contributed by atoms with Gasteiger partial charge < -0.3 is 5.32 Å². The molecule has 1 unspecified atom stereocenters. The summed E-state index contributed by atoms with van der Waals surface area (Å²) >= 11 is 0. The maximum absolute atomic E-state index is 12.2. The summed E-state index contributed by atoms with van der Waals surface area (Å²) in [6.45, 7) is 3.79. The second-order valence-electron chi connectivity index (χ2n) is 5.57. The van der Waals surface area contributed by atoms with Gasteiger partial charge in [-0.2, -0.15) is 4.31 Å². The highest BCUT2D eigenvalue weighted by molar-refractivity contribution is 7.89. The number of rotatable bonds is 8. The van der Waals surface area contributed by atoms with Gasteiger partial charge in [0.2, 0.25) is 10.0 Å². The van der Waals surface area contributed by atoms with Crippen molar-refractivity contribution in [2.24, 2.45) is 0 Å². The lowest BCUT2D eigenvalue weighted by atomic mass is 10.2. The fourth-order valence-corrected chi connectivity index (χ4v) is 4.62. The minimum Gasteiger partial charge on any atom is -0.314 e. The third-order valence-corrected chi connectivity index (χ3v) is 5.99. The normalized spacial score (nSPS) is 25.7. The Morgan fingerprint density at radius 3 is 2.67 bits per heavy atom. The van der Waals surface area contributed by atoms with E-state index in [0.717, 1.165) is 51.2 Å². The van der Waals surface area contributed by atoms with Crippen LogP contribution in [0.3, 0.4) is 0 Å². The van der Waals surface area contributed by atoms with Crippen LogP contribution >= 0.6 is 0 Å². The molecule has 2 rings (SSSR count). The summed E-state index contributed by atoms with van der Waals surface area (Å²) in [5.74, 6) is 0.329. The molecule has 1 heterocycles. The molecule has 0 radical (unpaired) electrons. The fraction of sp³-hybridized carbons (Fsp3) is 1.00. The largest absolute Gasteiger partial charge is 0.314 e. The van der Waals surface area contributed by atoms with Crippen molar-refractivity contribution < 1.29 is 8.42 Å². The molecule has 1 aliphatic heterocycles. The molecule has 18 heavy (non-hydrogen) atoms. The standard InChI is InChI=1S/C13H26N2O2S/c1-2-13-6-5-10-15(13)18(16,17)11-4-3-9-14-12-7-8-12/h12-14H,2-11H2,1H3. The second-order valence-corrected chi connectivity index (χ2v) is 7.61. The minimum absolute atomic E-state index is 0.264. The molecule has 0 amide bonds. The Balaban J connectivity index is 1.68. The van der Waals surface area contributed by atoms with E-state index in [2.05, 4.69) is 12.2 Å². The summed E-state index contributed by atoms with van der Waals surface area (Å²) in [7, 11) is -3.00. The molecule has 2 aliphatic rings. The molecular formula is C13H26N2O2S. The van der Waals surface area contributed by atoms with Gasteiger partial charge in [-0.15, -0.1) is 0 Å². The van der Waals surface area contributed by atoms with Crippen LogP contribution in [0.4, 0.5) is 0 Å². The molecule has 4 nitrogen and oxygen atoms in total. The molecule has 0 aromatic rings. The van der Waals surface area contributed by atoms with E-state index in [0.29, 0.717) is 5.75 Å². The van der Waals surface area contributed by atoms with Crippen molar-refractivity contribution in [3.8, 4) is 0 Å². The Morgan fingerprint density at radius 1 is 1.22 bits per heavy atom. The number of nitrogens with zero attached hydrogens (tertiary/aromatic N) is 1. The van der Waals surface area contributed by atoms with E-state index >= 15 is 0 Å². The predicted octanol–water partition coefficient (Wildman–Crippen LogP) is 1.72. The van der Waals surface area contributed by atoms with E-state index in [1.165, 1.54) is 12.8 Å². The van der Waals surface area contributed by atoms with Crippen LogP contribution in [0.5, 0.6) is 0 Å². The van der Waals surface area contributed by atoms with Gasteiger partial charge in [-0.1, -0.05) is 6.92 Å². The van der Waals surface area contributed by atoms with Gasteiger partial charge in [-0.25, -0.2) is 8.42 Å². The SMILES string of the molecule is CCC1CCCN1S(=O)(=O)CCCCNC1CC1. The first-order valence-corrected chi connectivity index (χ1v) is 8.97. The van der Waals surface area contributed by atoms with Crippen LogP contribution in [0.1, 0.15) is 51.9 Å². The second kappa shape index (κ2) is 6.35. The summed E-state index contributed by atoms with van der Waals surface area (Å²) in [4.78, 5) is 0. The highest BCUT2D eigenvalue weighted by Gasteiger charge is 2.32. The molecule has 1 aliphatic carbocycles. The van der Waals surface area contributed by atoms with Crippen LogP contribution in [0.2, 0.25) is 0 Å². The Hall–Kier alpha value is -0.130. The van der Waals surface area contributed by atoms with Gasteiger partial charge in [0.25, 0.3) is 0 Å². The van der Waals surface area contributed by atoms with Crippen molar-refractivity contribution in [3.05, 3.63) is 0 Å². The van der Waals surface area contributed by atoms with Crippen molar-refractivity contribution >= 4 is 10.0 Å². The number of unbranched alkanes of at least 4 members (excludes halogenated alkanes) is 1. The fourth-order valence-electron chi connectivity index (χ4n) is 2.70. The van der Waals surface area contributed by atoms with Crippen molar-refractivity contribution in [3.63, 3.8) is 0 Å². The zero-order valence-corrected chi connectivity index (χ0v) is 12.2. The first-order valence-electron chi connectivity index (χ1n) is 7.36. The Bertz CT molecular complexity index is 352. The smallest absolute Gasteiger partial charge is 0.214 e. The van der Waals surface area contributed by atoms with Gasteiger partial charge >= 0.3 is 0 Å². The molecular weight excluding hydrogens is 248 g/mol. The van der Waals surface area contributed by atoms with Gasteiger partial charge in [0.05, 0.1) is 5.75 Å². The summed E-state index contributed by atoms with van der Waals surface area (Å²) in [5.41, 5.74) is 0. The predicted molar refractivity (Wildman–Crippen MR) is 74.1 cm³/mol. The van der Waals surface area contributed by atoms with Gasteiger partial charge in [-0.3, -0.25) is 0 Å². The van der Waals surface area contributed by atoms with Crippen LogP contribution in [0, 0.1) is 0 Å². The number of hydrogen-bond donors (Lipinski definition) is 1. The first kappa shape index (κ1) is 14.3. The van der Waals surface area contributed by atoms with E-state index in [-0.39, 0.29) is 6.04 Å². The average molecular weight is 274 g/mol. The molecule has 1 N–H and O–H groups in total. The Morgan fingerprint density at radius 2 is 2.00 bits per heavy atom. The zero-order chi connectivity index (χ0) is 13.0. The summed E-state index contributed by atoms with van der Waals surface area (Å²) in [6.07, 6.45) is 7.37. The third kappa shape index (κ3) is 3.93. The molecule has 2 fully saturated rings. The maximum atomic E-state index is 12.2. The zero-order valence-electron chi connectivity index (χ0n) is 11.4. The molecule has 0 spiro atoms. The molecule has 1 saturated carbocycles. The van der Waals surface area contributed by atoms with Crippen molar-refractivity contribution in [2.75, 3.05) is 18.8 Å². The van der Waals surface area contributed by atoms with Gasteiger partial charge in [0, 0.05) is 18.6 Å². The molecule has 106 valence electrons. The highest BCUT2D eigenvalue weighted by atomic mass is 32.2. The van der Waals surface area contributed by atoms with Crippen molar-refractivity contribution in [1.82, 2.24) is 9.62 Å². The monoisotopic (exact) mass is 274 g/mol. The number of sulfonamides is 1. The number of nitrogens with one attached hydrogen (secondary N) is 1. The van der Waals surface area contributed by atoms with Crippen molar-refractivity contribution in [2.45, 2.75) is 64.0 Å². The lowest BCUT2D eigenvalue weighted by molar-refractivity contribution is 0.379. The Kier molecular flexibility index (Phi) is 5.04. The van der Waals surface area contributed by atoms with E-state index in [9.17, 15) is 8.42 Å². The molecule has 0 aromatic heterocycles. The quantitative estimate of drug-likeness (QED) is 0.686. The van der Waals surface area contributed by atoms with Crippen LogP contribution in [-0.4, -0.2) is 43.6 Å². The van der Waals surface area contributed by atoms with Gasteiger partial charge in [-0.05, 0) is 51.5 Å². The summed E-state index contributed by atoms with van der Waals surface area (Å²) in [5, 5.41) is 3.42. The van der Waals surface area contributed by atoms with E-state index < -0.39 is 10.0 Å². The number of hydrogen-bond acceptors (Lipinski definition) is 3. The van der Waals surface area contributed by atoms with Gasteiger partial charge in [0.1, 0.15) is 0 Å². The van der Waals surface area contributed by atoms with Crippen LogP contribution < -0.4 is 5.32 Å². The first-order chi connectivity index (χ1) is 8.63. The van der Waals surface area contributed by atoms with Gasteiger partial charge in [0.15, 0.2) is 0 Å². The maximum Gasteiger partial charge on any atom is 0.214 e. The van der Waals surface area contributed by atoms with Crippen LogP contribution in [0.15, 0.2) is 0 Å². The topological polar surface area (TPSA) is 49.4 Å².